The van der Waals surface area contributed by atoms with Gasteiger partial charge in [-0.15, -0.1) is 0 Å². The van der Waals surface area contributed by atoms with E-state index in [2.05, 4.69) is 0 Å². The lowest BCUT2D eigenvalue weighted by Crippen LogP contribution is -2.36. The molecule has 0 rings (SSSR count). The molecule has 0 bridgehead atoms. The molecule has 0 aliphatic carbocycles. The minimum absolute atomic E-state index is 0.0648. The van der Waals surface area contributed by atoms with Crippen LogP contribution < -0.4 is 0 Å². The van der Waals surface area contributed by atoms with Crippen LogP contribution in [-0.4, -0.2) is 82.4 Å². The van der Waals surface area contributed by atoms with E-state index in [1.165, 1.54) is 4.90 Å². The summed E-state index contributed by atoms with van der Waals surface area (Å²) in [5.74, 6) is -0.380. The highest BCUT2D eigenvalue weighted by molar-refractivity contribution is 5.70. The molecule has 0 aromatic rings. The Morgan fingerprint density at radius 1 is 0.917 bits per heavy atom. The molecule has 0 aliphatic heterocycles. The van der Waals surface area contributed by atoms with Gasteiger partial charge in [-0.25, -0.2) is 9.59 Å². The number of carbonyl (C=O) groups excluding carboxylic acids is 2. The van der Waals surface area contributed by atoms with Crippen molar-refractivity contribution in [3.05, 3.63) is 0 Å². The van der Waals surface area contributed by atoms with E-state index in [0.29, 0.717) is 46.2 Å². The Labute approximate surface area is 144 Å². The summed E-state index contributed by atoms with van der Waals surface area (Å²) in [7, 11) is 1.66. The lowest BCUT2D eigenvalue weighted by atomic mass is 10.2. The number of likely N-dealkylation sites (N-methyl/N-ethyl adjacent to an activating group) is 1. The van der Waals surface area contributed by atoms with Gasteiger partial charge in [0.05, 0.1) is 39.6 Å². The lowest BCUT2D eigenvalue weighted by Gasteiger charge is -2.24. The third-order valence-corrected chi connectivity index (χ3v) is 2.55. The molecule has 0 atom stereocenters. The Kier molecular flexibility index (Phi) is 12.2. The average Bonchev–Trinajstić information content (AvgIpc) is 2.47. The van der Waals surface area contributed by atoms with Crippen molar-refractivity contribution < 1.29 is 33.3 Å². The standard InChI is InChI=1S/C16H31NO7/c1-6-23-14(18)13-22-12-11-21-10-9-20-8-7-17(5)15(19)24-16(2,3)4/h6-13H2,1-5H3. The van der Waals surface area contributed by atoms with Crippen LogP contribution in [0, 0.1) is 0 Å². The molecule has 0 aromatic carbocycles. The van der Waals surface area contributed by atoms with Crippen LogP contribution in [0.4, 0.5) is 4.79 Å². The number of nitrogens with zero attached hydrogens (tertiary/aromatic N) is 1. The van der Waals surface area contributed by atoms with Crippen LogP contribution in [0.5, 0.6) is 0 Å². The van der Waals surface area contributed by atoms with Gasteiger partial charge >= 0.3 is 12.1 Å². The van der Waals surface area contributed by atoms with Gasteiger partial charge in [-0.1, -0.05) is 0 Å². The second-order valence-electron chi connectivity index (χ2n) is 5.98. The second kappa shape index (κ2) is 13.0. The third kappa shape index (κ3) is 14.2. The maximum atomic E-state index is 11.7. The molecule has 0 aliphatic rings. The molecule has 0 radical (unpaired) electrons. The van der Waals surface area contributed by atoms with E-state index in [-0.39, 0.29) is 18.7 Å². The largest absolute Gasteiger partial charge is 0.464 e. The molecule has 142 valence electrons. The molecular formula is C16H31NO7. The number of amides is 1. The van der Waals surface area contributed by atoms with Crippen molar-refractivity contribution >= 4 is 12.1 Å². The Morgan fingerprint density at radius 3 is 2.00 bits per heavy atom. The molecule has 0 heterocycles. The third-order valence-electron chi connectivity index (χ3n) is 2.55. The lowest BCUT2D eigenvalue weighted by molar-refractivity contribution is -0.149. The Bertz CT molecular complexity index is 355. The number of hydrogen-bond donors (Lipinski definition) is 0. The fourth-order valence-electron chi connectivity index (χ4n) is 1.43. The van der Waals surface area contributed by atoms with Gasteiger partial charge in [0.25, 0.3) is 0 Å². The van der Waals surface area contributed by atoms with Gasteiger partial charge in [0.1, 0.15) is 12.2 Å². The van der Waals surface area contributed by atoms with Crippen LogP contribution in [-0.2, 0) is 28.5 Å². The zero-order valence-corrected chi connectivity index (χ0v) is 15.5. The normalized spacial score (nSPS) is 11.2. The molecule has 0 aromatic heterocycles. The van der Waals surface area contributed by atoms with E-state index in [0.717, 1.165) is 0 Å². The Hall–Kier alpha value is -1.38. The molecule has 0 N–H and O–H groups in total. The van der Waals surface area contributed by atoms with Crippen LogP contribution in [0.15, 0.2) is 0 Å². The molecule has 0 fully saturated rings. The Balaban J connectivity index is 3.42. The fourth-order valence-corrected chi connectivity index (χ4v) is 1.43. The van der Waals surface area contributed by atoms with E-state index < -0.39 is 5.60 Å². The Morgan fingerprint density at radius 2 is 1.46 bits per heavy atom. The first-order valence-electron chi connectivity index (χ1n) is 8.09. The molecule has 0 saturated carbocycles. The van der Waals surface area contributed by atoms with Gasteiger partial charge in [-0.05, 0) is 27.7 Å². The maximum Gasteiger partial charge on any atom is 0.410 e. The predicted octanol–water partition coefficient (Wildman–Crippen LogP) is 1.47. The summed E-state index contributed by atoms with van der Waals surface area (Å²) in [6.45, 7) is 9.86. The van der Waals surface area contributed by atoms with E-state index in [4.69, 9.17) is 23.7 Å². The summed E-state index contributed by atoms with van der Waals surface area (Å²) in [5.41, 5.74) is -0.505. The average molecular weight is 349 g/mol. The van der Waals surface area contributed by atoms with Crippen LogP contribution in [0.3, 0.4) is 0 Å². The number of ether oxygens (including phenoxy) is 5. The van der Waals surface area contributed by atoms with Gasteiger partial charge in [-0.3, -0.25) is 0 Å². The van der Waals surface area contributed by atoms with E-state index >= 15 is 0 Å². The molecular weight excluding hydrogens is 318 g/mol. The highest BCUT2D eigenvalue weighted by Gasteiger charge is 2.19. The van der Waals surface area contributed by atoms with Gasteiger partial charge in [-0.2, -0.15) is 0 Å². The summed E-state index contributed by atoms with van der Waals surface area (Å²) >= 11 is 0. The maximum absolute atomic E-state index is 11.7. The van der Waals surface area contributed by atoms with Crippen molar-refractivity contribution in [1.29, 1.82) is 0 Å². The van der Waals surface area contributed by atoms with Crippen molar-refractivity contribution in [3.8, 4) is 0 Å². The monoisotopic (exact) mass is 349 g/mol. The molecule has 0 saturated heterocycles. The first-order chi connectivity index (χ1) is 11.3. The van der Waals surface area contributed by atoms with Gasteiger partial charge < -0.3 is 28.6 Å². The number of rotatable bonds is 12. The summed E-state index contributed by atoms with van der Waals surface area (Å²) in [6.07, 6.45) is -0.374. The molecule has 8 nitrogen and oxygen atoms in total. The summed E-state index contributed by atoms with van der Waals surface area (Å²) in [4.78, 5) is 24.1. The van der Waals surface area contributed by atoms with Crippen molar-refractivity contribution in [3.63, 3.8) is 0 Å². The SMILES string of the molecule is CCOC(=O)COCCOCCOCCN(C)C(=O)OC(C)(C)C. The van der Waals surface area contributed by atoms with E-state index in [9.17, 15) is 9.59 Å². The summed E-state index contributed by atoms with van der Waals surface area (Å²) in [6, 6.07) is 0. The highest BCUT2D eigenvalue weighted by Crippen LogP contribution is 2.08. The van der Waals surface area contributed by atoms with Crippen molar-refractivity contribution in [2.45, 2.75) is 33.3 Å². The smallest absolute Gasteiger partial charge is 0.410 e. The topological polar surface area (TPSA) is 83.5 Å². The first-order valence-corrected chi connectivity index (χ1v) is 8.09. The number of carbonyl (C=O) groups is 2. The summed E-state index contributed by atoms with van der Waals surface area (Å²) < 4.78 is 25.7. The quantitative estimate of drug-likeness (QED) is 0.390. The van der Waals surface area contributed by atoms with Gasteiger partial charge in [0.2, 0.25) is 0 Å². The van der Waals surface area contributed by atoms with Crippen LogP contribution in [0.25, 0.3) is 0 Å². The zero-order chi connectivity index (χ0) is 18.4. The summed E-state index contributed by atoms with van der Waals surface area (Å²) in [5, 5.41) is 0. The molecule has 0 spiro atoms. The first kappa shape index (κ1) is 22.6. The minimum Gasteiger partial charge on any atom is -0.464 e. The minimum atomic E-state index is -0.505. The van der Waals surface area contributed by atoms with Gasteiger partial charge in [0.15, 0.2) is 0 Å². The van der Waals surface area contributed by atoms with Crippen molar-refractivity contribution in [2.24, 2.45) is 0 Å². The van der Waals surface area contributed by atoms with Gasteiger partial charge in [0, 0.05) is 13.6 Å². The van der Waals surface area contributed by atoms with Crippen LogP contribution in [0.2, 0.25) is 0 Å². The van der Waals surface area contributed by atoms with E-state index in [1.54, 1.807) is 14.0 Å². The second-order valence-corrected chi connectivity index (χ2v) is 5.98. The van der Waals surface area contributed by atoms with Crippen LogP contribution in [0.1, 0.15) is 27.7 Å². The van der Waals surface area contributed by atoms with Crippen LogP contribution >= 0.6 is 0 Å². The van der Waals surface area contributed by atoms with E-state index in [1.807, 2.05) is 20.8 Å². The number of esters is 1. The predicted molar refractivity (Wildman–Crippen MR) is 88.0 cm³/mol. The molecule has 24 heavy (non-hydrogen) atoms. The molecule has 0 unspecified atom stereocenters. The van der Waals surface area contributed by atoms with Crippen molar-refractivity contribution in [1.82, 2.24) is 4.90 Å². The molecule has 1 amide bonds. The highest BCUT2D eigenvalue weighted by atomic mass is 16.6. The number of hydrogen-bond acceptors (Lipinski definition) is 7. The molecule has 8 heteroatoms. The van der Waals surface area contributed by atoms with Crippen molar-refractivity contribution in [2.75, 3.05) is 59.8 Å². The fraction of sp³-hybridized carbons (Fsp3) is 0.875. The zero-order valence-electron chi connectivity index (χ0n) is 15.5.